The van der Waals surface area contributed by atoms with E-state index in [9.17, 15) is 0 Å². The van der Waals surface area contributed by atoms with Crippen molar-refractivity contribution < 1.29 is 19.0 Å². The smallest absolute Gasteiger partial charge is 0.313 e. The molecule has 0 amide bonds. The molecule has 0 spiro atoms. The van der Waals surface area contributed by atoms with Crippen LogP contribution in [0.3, 0.4) is 0 Å². The highest BCUT2D eigenvalue weighted by molar-refractivity contribution is 4.49. The van der Waals surface area contributed by atoms with Crippen molar-refractivity contribution in [3.8, 4) is 0 Å². The van der Waals surface area contributed by atoms with Gasteiger partial charge in [-0.25, -0.2) is 0 Å². The van der Waals surface area contributed by atoms with Crippen LogP contribution in [0.5, 0.6) is 0 Å². The Morgan fingerprint density at radius 2 is 1.20 bits per heavy atom. The summed E-state index contributed by atoms with van der Waals surface area (Å²) in [6.45, 7) is 9.52. The molecule has 0 radical (unpaired) electrons. The van der Waals surface area contributed by atoms with Crippen molar-refractivity contribution in [3.63, 3.8) is 0 Å². The summed E-state index contributed by atoms with van der Waals surface area (Å²) in [7, 11) is 1.73. The van der Waals surface area contributed by atoms with Gasteiger partial charge in [-0.3, -0.25) is 4.84 Å². The average molecular weight is 221 g/mol. The van der Waals surface area contributed by atoms with Crippen LogP contribution in [0.25, 0.3) is 0 Å². The van der Waals surface area contributed by atoms with Gasteiger partial charge in [-0.2, -0.15) is 0 Å². The quantitative estimate of drug-likeness (QED) is 0.437. The summed E-state index contributed by atoms with van der Waals surface area (Å²) in [5.41, 5.74) is 0. The van der Waals surface area contributed by atoms with Crippen molar-refractivity contribution in [2.75, 3.05) is 33.5 Å². The largest absolute Gasteiger partial charge is 0.375 e. The molecule has 15 heavy (non-hydrogen) atoms. The molecule has 0 saturated carbocycles. The third-order valence-electron chi connectivity index (χ3n) is 1.69. The average Bonchev–Trinajstić information content (AvgIpc) is 2.19. The molecule has 0 aliphatic carbocycles. The summed E-state index contributed by atoms with van der Waals surface area (Å²) < 4.78 is 16.4. The van der Waals surface area contributed by atoms with Crippen LogP contribution >= 0.6 is 0 Å². The van der Waals surface area contributed by atoms with E-state index in [1.165, 1.54) is 5.06 Å². The number of hydroxylamine groups is 2. The van der Waals surface area contributed by atoms with Gasteiger partial charge in [-0.1, -0.05) is 0 Å². The minimum absolute atomic E-state index is 0.484. The first kappa shape index (κ1) is 14.8. The van der Waals surface area contributed by atoms with Crippen molar-refractivity contribution in [1.29, 1.82) is 0 Å². The second-order valence-electron chi connectivity index (χ2n) is 2.74. The summed E-state index contributed by atoms with van der Waals surface area (Å²) in [6, 6.07) is 0. The maximum Gasteiger partial charge on any atom is 0.375 e. The van der Waals surface area contributed by atoms with E-state index in [-0.39, 0.29) is 0 Å². The summed E-state index contributed by atoms with van der Waals surface area (Å²) in [6.07, 6.45) is -1.23. The minimum Gasteiger partial charge on any atom is -0.313 e. The Morgan fingerprint density at radius 3 is 1.47 bits per heavy atom. The Bertz CT molecular complexity index is 137. The second-order valence-corrected chi connectivity index (χ2v) is 2.74. The molecule has 92 valence electrons. The van der Waals surface area contributed by atoms with Gasteiger partial charge < -0.3 is 14.2 Å². The van der Waals surface area contributed by atoms with Gasteiger partial charge in [0.15, 0.2) is 0 Å². The van der Waals surface area contributed by atoms with E-state index in [2.05, 4.69) is 0 Å². The highest BCUT2D eigenvalue weighted by Gasteiger charge is 2.39. The molecule has 0 aromatic heterocycles. The van der Waals surface area contributed by atoms with Gasteiger partial charge in [0, 0.05) is 7.05 Å². The first-order chi connectivity index (χ1) is 7.16. The lowest BCUT2D eigenvalue weighted by atomic mass is 10.7. The Labute approximate surface area is 92.2 Å². The zero-order valence-corrected chi connectivity index (χ0v) is 10.4. The van der Waals surface area contributed by atoms with E-state index in [4.69, 9.17) is 19.0 Å². The van der Waals surface area contributed by atoms with Crippen molar-refractivity contribution in [1.82, 2.24) is 5.06 Å². The summed E-state index contributed by atoms with van der Waals surface area (Å²) in [5.74, 6) is 0. The highest BCUT2D eigenvalue weighted by Crippen LogP contribution is 2.20. The van der Waals surface area contributed by atoms with E-state index in [0.29, 0.717) is 26.4 Å². The molecule has 5 heteroatoms. The van der Waals surface area contributed by atoms with Gasteiger partial charge in [0.25, 0.3) is 0 Å². The number of hydrogen-bond donors (Lipinski definition) is 0. The lowest BCUT2D eigenvalue weighted by molar-refractivity contribution is -0.498. The summed E-state index contributed by atoms with van der Waals surface area (Å²) in [4.78, 5) is 5.32. The van der Waals surface area contributed by atoms with Crippen LogP contribution in [0, 0.1) is 0 Å². The molecule has 0 unspecified atom stereocenters. The Balaban J connectivity index is 4.57. The second kappa shape index (κ2) is 8.01. The fourth-order valence-electron chi connectivity index (χ4n) is 1.22. The van der Waals surface area contributed by atoms with E-state index in [0.717, 1.165) is 0 Å². The third kappa shape index (κ3) is 4.44. The molecule has 0 heterocycles. The molecule has 0 aliphatic heterocycles. The first-order valence-electron chi connectivity index (χ1n) is 5.45. The predicted molar refractivity (Wildman–Crippen MR) is 57.0 cm³/mol. The number of hydrogen-bond acceptors (Lipinski definition) is 5. The SMILES string of the molecule is CCON(C)C(OCC)(OCC)OCC. The zero-order chi connectivity index (χ0) is 11.7. The molecule has 5 nitrogen and oxygen atoms in total. The van der Waals surface area contributed by atoms with Gasteiger partial charge in [-0.05, 0) is 27.7 Å². The van der Waals surface area contributed by atoms with Crippen LogP contribution in [0.4, 0.5) is 0 Å². The van der Waals surface area contributed by atoms with Crippen molar-refractivity contribution in [3.05, 3.63) is 0 Å². The van der Waals surface area contributed by atoms with E-state index in [1.807, 2.05) is 27.7 Å². The fourth-order valence-corrected chi connectivity index (χ4v) is 1.22. The first-order valence-corrected chi connectivity index (χ1v) is 5.45. The fraction of sp³-hybridized carbons (Fsp3) is 1.00. The molecular formula is C10H23NO4. The molecule has 0 rings (SSSR count). The molecule has 0 N–H and O–H groups in total. The van der Waals surface area contributed by atoms with Gasteiger partial charge in [0.1, 0.15) is 0 Å². The normalized spacial score (nSPS) is 12.4. The Morgan fingerprint density at radius 1 is 0.800 bits per heavy atom. The summed E-state index contributed by atoms with van der Waals surface area (Å²) in [5, 5.41) is 1.46. The minimum atomic E-state index is -1.23. The van der Waals surface area contributed by atoms with Crippen LogP contribution < -0.4 is 0 Å². The number of rotatable bonds is 9. The molecular weight excluding hydrogens is 198 g/mol. The maximum absolute atomic E-state index is 5.48. The van der Waals surface area contributed by atoms with Crippen LogP contribution in [-0.4, -0.2) is 44.6 Å². The van der Waals surface area contributed by atoms with Crippen LogP contribution in [0.15, 0.2) is 0 Å². The molecule has 0 aromatic rings. The predicted octanol–water partition coefficient (Wildman–Crippen LogP) is 1.59. The lowest BCUT2D eigenvalue weighted by Gasteiger charge is -2.37. The molecule has 0 bridgehead atoms. The standard InChI is InChI=1S/C10H23NO4/c1-6-12-10(13-7-2,14-8-3)11(5)15-9-4/h6-9H2,1-5H3. The van der Waals surface area contributed by atoms with Crippen molar-refractivity contribution >= 4 is 0 Å². The van der Waals surface area contributed by atoms with Gasteiger partial charge in [0.05, 0.1) is 26.4 Å². The van der Waals surface area contributed by atoms with Crippen LogP contribution in [-0.2, 0) is 19.0 Å². The third-order valence-corrected chi connectivity index (χ3v) is 1.69. The van der Waals surface area contributed by atoms with Crippen LogP contribution in [0.1, 0.15) is 27.7 Å². The number of nitrogens with zero attached hydrogens (tertiary/aromatic N) is 1. The Kier molecular flexibility index (Phi) is 7.90. The molecule has 0 aromatic carbocycles. The molecule has 0 atom stereocenters. The zero-order valence-electron chi connectivity index (χ0n) is 10.4. The summed E-state index contributed by atoms with van der Waals surface area (Å²) >= 11 is 0. The van der Waals surface area contributed by atoms with Gasteiger partial charge >= 0.3 is 6.10 Å². The lowest BCUT2D eigenvalue weighted by Crippen LogP contribution is -2.53. The monoisotopic (exact) mass is 221 g/mol. The van der Waals surface area contributed by atoms with Crippen molar-refractivity contribution in [2.45, 2.75) is 33.8 Å². The van der Waals surface area contributed by atoms with Gasteiger partial charge in [0.2, 0.25) is 0 Å². The highest BCUT2D eigenvalue weighted by atomic mass is 16.9. The molecule has 0 fully saturated rings. The number of ether oxygens (including phenoxy) is 3. The van der Waals surface area contributed by atoms with Gasteiger partial charge in [-0.15, -0.1) is 5.06 Å². The molecule has 0 aliphatic rings. The van der Waals surface area contributed by atoms with E-state index >= 15 is 0 Å². The topological polar surface area (TPSA) is 40.2 Å². The van der Waals surface area contributed by atoms with Crippen molar-refractivity contribution in [2.24, 2.45) is 0 Å². The van der Waals surface area contributed by atoms with E-state index in [1.54, 1.807) is 7.05 Å². The Hall–Kier alpha value is -0.200. The molecule has 0 saturated heterocycles. The van der Waals surface area contributed by atoms with E-state index < -0.39 is 6.10 Å². The van der Waals surface area contributed by atoms with Crippen LogP contribution in [0.2, 0.25) is 0 Å². The maximum atomic E-state index is 5.48.